The summed E-state index contributed by atoms with van der Waals surface area (Å²) in [6.45, 7) is -0.490. The minimum absolute atomic E-state index is 0.0248. The van der Waals surface area contributed by atoms with Crippen LogP contribution in [0, 0.1) is 4.91 Å². The number of aromatic nitrogens is 4. The Morgan fingerprint density at radius 2 is 2.19 bits per heavy atom. The number of aromatic amines is 1. The quantitative estimate of drug-likeness (QED) is 0.478. The first-order valence-electron chi connectivity index (χ1n) is 5.99. The topological polar surface area (TPSA) is 163 Å². The molecule has 1 aliphatic heterocycles. The number of imidazole rings is 1. The number of hydrogen-bond acceptors (Lipinski definition) is 9. The maximum atomic E-state index is 11.7. The van der Waals surface area contributed by atoms with Crippen molar-refractivity contribution in [1.82, 2.24) is 19.5 Å². The number of hydrogen-bond donors (Lipinski definition) is 4. The van der Waals surface area contributed by atoms with Gasteiger partial charge in [-0.3, -0.25) is 14.3 Å². The van der Waals surface area contributed by atoms with E-state index in [0.717, 1.165) is 0 Å². The van der Waals surface area contributed by atoms with E-state index in [1.807, 2.05) is 0 Å². The van der Waals surface area contributed by atoms with Crippen molar-refractivity contribution < 1.29 is 20.1 Å². The summed E-state index contributed by atoms with van der Waals surface area (Å²) in [5, 5.41) is 31.3. The lowest BCUT2D eigenvalue weighted by atomic mass is 10.1. The van der Waals surface area contributed by atoms with E-state index < -0.39 is 42.7 Å². The largest absolute Gasteiger partial charge is 0.394 e. The van der Waals surface area contributed by atoms with Gasteiger partial charge in [-0.25, -0.2) is 4.98 Å². The van der Waals surface area contributed by atoms with Crippen LogP contribution in [0.5, 0.6) is 0 Å². The Morgan fingerprint density at radius 1 is 1.43 bits per heavy atom. The Kier molecular flexibility index (Phi) is 3.25. The summed E-state index contributed by atoms with van der Waals surface area (Å²) in [6.07, 6.45) is -3.55. The summed E-state index contributed by atoms with van der Waals surface area (Å²) in [5.74, 6) is -0.444. The van der Waals surface area contributed by atoms with Gasteiger partial charge in [-0.2, -0.15) is 4.98 Å². The molecule has 11 heteroatoms. The van der Waals surface area contributed by atoms with Crippen molar-refractivity contribution in [2.24, 2.45) is 5.18 Å². The molecule has 1 fully saturated rings. The first kappa shape index (κ1) is 13.8. The Labute approximate surface area is 115 Å². The zero-order chi connectivity index (χ0) is 15.1. The molecule has 11 nitrogen and oxygen atoms in total. The number of H-pyrrole nitrogens is 1. The van der Waals surface area contributed by atoms with Crippen molar-refractivity contribution in [2.45, 2.75) is 24.5 Å². The minimum Gasteiger partial charge on any atom is -0.394 e. The smallest absolute Gasteiger partial charge is 0.280 e. The lowest BCUT2D eigenvalue weighted by Crippen LogP contribution is -2.33. The van der Waals surface area contributed by atoms with E-state index in [0.29, 0.717) is 0 Å². The van der Waals surface area contributed by atoms with Crippen LogP contribution in [0.15, 0.2) is 16.3 Å². The van der Waals surface area contributed by atoms with Gasteiger partial charge in [-0.1, -0.05) is 0 Å². The molecule has 21 heavy (non-hydrogen) atoms. The maximum Gasteiger partial charge on any atom is 0.280 e. The van der Waals surface area contributed by atoms with Crippen LogP contribution in [0.3, 0.4) is 0 Å². The van der Waals surface area contributed by atoms with Gasteiger partial charge in [-0.15, -0.1) is 4.91 Å². The van der Waals surface area contributed by atoms with Gasteiger partial charge >= 0.3 is 0 Å². The molecule has 0 radical (unpaired) electrons. The molecule has 0 amide bonds. The Bertz CT molecular complexity index is 741. The molecule has 112 valence electrons. The second kappa shape index (κ2) is 4.96. The van der Waals surface area contributed by atoms with Gasteiger partial charge in [0.05, 0.1) is 12.9 Å². The molecular weight excluding hydrogens is 286 g/mol. The molecule has 0 aliphatic carbocycles. The Hall–Kier alpha value is -2.21. The van der Waals surface area contributed by atoms with Crippen LogP contribution in [0.2, 0.25) is 0 Å². The van der Waals surface area contributed by atoms with E-state index in [1.165, 1.54) is 10.9 Å². The average Bonchev–Trinajstić information content (AvgIpc) is 3.02. The van der Waals surface area contributed by atoms with Crippen molar-refractivity contribution in [3.8, 4) is 0 Å². The SMILES string of the molecule is O=Nc1nc2c(ncn2[C@@H]2O[C@H](CO)[C@@H](O)[C@H]2O)c(=O)[nH]1. The van der Waals surface area contributed by atoms with Crippen molar-refractivity contribution >= 4 is 17.1 Å². The van der Waals surface area contributed by atoms with Crippen LogP contribution in [-0.2, 0) is 4.74 Å². The van der Waals surface area contributed by atoms with E-state index in [4.69, 9.17) is 9.84 Å². The predicted molar refractivity (Wildman–Crippen MR) is 66.6 cm³/mol. The van der Waals surface area contributed by atoms with E-state index >= 15 is 0 Å². The van der Waals surface area contributed by atoms with Crippen molar-refractivity contribution in [2.75, 3.05) is 6.61 Å². The van der Waals surface area contributed by atoms with Crippen molar-refractivity contribution in [3.05, 3.63) is 21.6 Å². The summed E-state index contributed by atoms with van der Waals surface area (Å²) in [7, 11) is 0. The number of fused-ring (bicyclic) bond motifs is 1. The number of nitrogens with zero attached hydrogens (tertiary/aromatic N) is 4. The summed E-state index contributed by atoms with van der Waals surface area (Å²) < 4.78 is 6.51. The molecule has 0 saturated carbocycles. The van der Waals surface area contributed by atoms with E-state index in [-0.39, 0.29) is 11.2 Å². The van der Waals surface area contributed by atoms with Crippen LogP contribution >= 0.6 is 0 Å². The predicted octanol–water partition coefficient (Wildman–Crippen LogP) is -1.87. The summed E-state index contributed by atoms with van der Waals surface area (Å²) in [5.41, 5.74) is -0.761. The molecule has 3 heterocycles. The fourth-order valence-electron chi connectivity index (χ4n) is 2.25. The van der Waals surface area contributed by atoms with E-state index in [1.54, 1.807) is 0 Å². The molecule has 2 aromatic heterocycles. The third kappa shape index (κ3) is 2.03. The number of nitroso groups, excluding NO2 is 1. The molecular formula is C10H11N5O6. The number of nitrogens with one attached hydrogen (secondary N) is 1. The highest BCUT2D eigenvalue weighted by Gasteiger charge is 2.44. The number of aliphatic hydroxyl groups excluding tert-OH is 3. The van der Waals surface area contributed by atoms with E-state index in [2.05, 4.69) is 20.1 Å². The summed E-state index contributed by atoms with van der Waals surface area (Å²) >= 11 is 0. The lowest BCUT2D eigenvalue weighted by Gasteiger charge is -2.16. The molecule has 4 atom stereocenters. The van der Waals surface area contributed by atoms with Crippen LogP contribution in [0.1, 0.15) is 6.23 Å². The normalized spacial score (nSPS) is 29.1. The third-order valence-electron chi connectivity index (χ3n) is 3.30. The van der Waals surface area contributed by atoms with Crippen LogP contribution in [-0.4, -0.2) is 59.8 Å². The number of aliphatic hydroxyl groups is 3. The van der Waals surface area contributed by atoms with Crippen LogP contribution in [0.4, 0.5) is 5.95 Å². The summed E-state index contributed by atoms with van der Waals surface area (Å²) in [4.78, 5) is 32.0. The van der Waals surface area contributed by atoms with Gasteiger partial charge in [0.25, 0.3) is 11.5 Å². The van der Waals surface area contributed by atoms with Gasteiger partial charge in [0, 0.05) is 5.18 Å². The Balaban J connectivity index is 2.11. The molecule has 0 aromatic carbocycles. The third-order valence-corrected chi connectivity index (χ3v) is 3.30. The zero-order valence-corrected chi connectivity index (χ0v) is 10.4. The lowest BCUT2D eigenvalue weighted by molar-refractivity contribution is -0.0511. The molecule has 2 aromatic rings. The Morgan fingerprint density at radius 3 is 2.81 bits per heavy atom. The van der Waals surface area contributed by atoms with Gasteiger partial charge in [0.2, 0.25) is 0 Å². The minimum atomic E-state index is -1.35. The maximum absolute atomic E-state index is 11.7. The highest BCUT2D eigenvalue weighted by Crippen LogP contribution is 2.30. The molecule has 1 saturated heterocycles. The molecule has 1 aliphatic rings. The van der Waals surface area contributed by atoms with Gasteiger partial charge in [0.1, 0.15) is 18.3 Å². The van der Waals surface area contributed by atoms with Gasteiger partial charge < -0.3 is 20.1 Å². The van der Waals surface area contributed by atoms with Gasteiger partial charge in [0.15, 0.2) is 17.4 Å². The van der Waals surface area contributed by atoms with Crippen LogP contribution < -0.4 is 5.56 Å². The highest BCUT2D eigenvalue weighted by atomic mass is 16.6. The van der Waals surface area contributed by atoms with E-state index in [9.17, 15) is 19.9 Å². The fraction of sp³-hybridized carbons (Fsp3) is 0.500. The van der Waals surface area contributed by atoms with Crippen molar-refractivity contribution in [1.29, 1.82) is 0 Å². The number of rotatable bonds is 3. The molecule has 0 unspecified atom stereocenters. The standard InChI is InChI=1S/C10H11N5O6/c16-1-3-5(17)6(18)9(21-3)15-2-11-4-7(15)12-10(14-20)13-8(4)19/h2-3,5-6,9,16-18H,1H2,(H,12,13,19)/t3-,5-,6-,9-/m1/s1. The van der Waals surface area contributed by atoms with Crippen LogP contribution in [0.25, 0.3) is 11.2 Å². The molecule has 0 bridgehead atoms. The number of ether oxygens (including phenoxy) is 1. The molecule has 0 spiro atoms. The second-order valence-corrected chi connectivity index (χ2v) is 4.53. The van der Waals surface area contributed by atoms with Gasteiger partial charge in [-0.05, 0) is 0 Å². The summed E-state index contributed by atoms with van der Waals surface area (Å²) in [6, 6.07) is 0. The zero-order valence-electron chi connectivity index (χ0n) is 10.4. The highest BCUT2D eigenvalue weighted by molar-refractivity contribution is 5.70. The first-order valence-corrected chi connectivity index (χ1v) is 5.99. The van der Waals surface area contributed by atoms with Crippen molar-refractivity contribution in [3.63, 3.8) is 0 Å². The molecule has 4 N–H and O–H groups in total. The second-order valence-electron chi connectivity index (χ2n) is 4.53. The fourth-order valence-corrected chi connectivity index (χ4v) is 2.25. The molecule has 3 rings (SSSR count). The average molecular weight is 297 g/mol. The first-order chi connectivity index (χ1) is 10.1. The monoisotopic (exact) mass is 297 g/mol.